The van der Waals surface area contributed by atoms with Gasteiger partial charge in [0.05, 0.1) is 0 Å². The standard InChI is InChI=1S/C10H13IN2O3/c11-5-1-2-8(14)12-6-7-13-9(15)3-4-10(13)16/h3-4H,1-2,5-7H2,(H,12,14). The SMILES string of the molecule is O=C(CCCI)NCCN1C(=O)C=CC1=O. The van der Waals surface area contributed by atoms with Crippen LogP contribution in [0.1, 0.15) is 12.8 Å². The fraction of sp³-hybridized carbons (Fsp3) is 0.500. The minimum atomic E-state index is -0.313. The second-order valence-electron chi connectivity index (χ2n) is 3.30. The van der Waals surface area contributed by atoms with E-state index in [0.29, 0.717) is 13.0 Å². The van der Waals surface area contributed by atoms with Gasteiger partial charge >= 0.3 is 0 Å². The highest BCUT2D eigenvalue weighted by Gasteiger charge is 2.22. The van der Waals surface area contributed by atoms with Crippen LogP contribution >= 0.6 is 22.6 Å². The van der Waals surface area contributed by atoms with Crippen LogP contribution in [0.3, 0.4) is 0 Å². The Bertz CT molecular complexity index is 310. The van der Waals surface area contributed by atoms with Gasteiger partial charge in [0.2, 0.25) is 5.91 Å². The number of hydrogen-bond acceptors (Lipinski definition) is 3. The topological polar surface area (TPSA) is 66.5 Å². The van der Waals surface area contributed by atoms with E-state index in [1.807, 2.05) is 0 Å². The number of nitrogens with zero attached hydrogens (tertiary/aromatic N) is 1. The quantitative estimate of drug-likeness (QED) is 0.429. The molecule has 1 aliphatic rings. The van der Waals surface area contributed by atoms with Crippen molar-refractivity contribution in [2.75, 3.05) is 17.5 Å². The van der Waals surface area contributed by atoms with E-state index < -0.39 is 0 Å². The highest BCUT2D eigenvalue weighted by Crippen LogP contribution is 2.01. The van der Waals surface area contributed by atoms with Crippen molar-refractivity contribution in [3.8, 4) is 0 Å². The van der Waals surface area contributed by atoms with E-state index in [1.54, 1.807) is 0 Å². The van der Waals surface area contributed by atoms with Crippen molar-refractivity contribution in [3.05, 3.63) is 12.2 Å². The molecule has 0 unspecified atom stereocenters. The molecule has 0 aliphatic carbocycles. The molecule has 0 bridgehead atoms. The Hall–Kier alpha value is -0.920. The second kappa shape index (κ2) is 6.62. The lowest BCUT2D eigenvalue weighted by atomic mass is 10.3. The number of nitrogens with one attached hydrogen (secondary N) is 1. The van der Waals surface area contributed by atoms with Gasteiger partial charge in [-0.3, -0.25) is 19.3 Å². The number of halogens is 1. The van der Waals surface area contributed by atoms with E-state index >= 15 is 0 Å². The third kappa shape index (κ3) is 3.92. The maximum Gasteiger partial charge on any atom is 0.253 e. The summed E-state index contributed by atoms with van der Waals surface area (Å²) in [6, 6.07) is 0. The molecule has 0 spiro atoms. The largest absolute Gasteiger partial charge is 0.354 e. The first-order valence-corrected chi connectivity index (χ1v) is 6.54. The molecule has 1 N–H and O–H groups in total. The van der Waals surface area contributed by atoms with Crippen LogP contribution in [0.2, 0.25) is 0 Å². The number of alkyl halides is 1. The van der Waals surface area contributed by atoms with E-state index in [1.165, 1.54) is 12.2 Å². The summed E-state index contributed by atoms with van der Waals surface area (Å²) in [4.78, 5) is 34.6. The van der Waals surface area contributed by atoms with Crippen LogP contribution < -0.4 is 5.32 Å². The van der Waals surface area contributed by atoms with Crippen molar-refractivity contribution in [2.24, 2.45) is 0 Å². The summed E-state index contributed by atoms with van der Waals surface area (Å²) in [5, 5.41) is 2.67. The number of carbonyl (C=O) groups is 3. The first-order chi connectivity index (χ1) is 7.65. The van der Waals surface area contributed by atoms with Gasteiger partial charge in [0.1, 0.15) is 0 Å². The monoisotopic (exact) mass is 336 g/mol. The minimum absolute atomic E-state index is 0.0382. The molecular weight excluding hydrogens is 323 g/mol. The highest BCUT2D eigenvalue weighted by molar-refractivity contribution is 14.1. The maximum atomic E-state index is 11.2. The molecular formula is C10H13IN2O3. The molecule has 0 radical (unpaired) electrons. The Labute approximate surface area is 107 Å². The molecule has 3 amide bonds. The van der Waals surface area contributed by atoms with Gasteiger partial charge in [-0.2, -0.15) is 0 Å². The Morgan fingerprint density at radius 3 is 2.50 bits per heavy atom. The molecule has 1 heterocycles. The Balaban J connectivity index is 2.18. The maximum absolute atomic E-state index is 11.2. The van der Waals surface area contributed by atoms with Crippen LogP contribution in [0.15, 0.2) is 12.2 Å². The van der Waals surface area contributed by atoms with Crippen molar-refractivity contribution in [2.45, 2.75) is 12.8 Å². The van der Waals surface area contributed by atoms with Crippen molar-refractivity contribution in [1.82, 2.24) is 10.2 Å². The van der Waals surface area contributed by atoms with Gasteiger partial charge in [0.15, 0.2) is 0 Å². The molecule has 16 heavy (non-hydrogen) atoms. The lowest BCUT2D eigenvalue weighted by Gasteiger charge is -2.13. The van der Waals surface area contributed by atoms with Crippen molar-refractivity contribution >= 4 is 40.3 Å². The van der Waals surface area contributed by atoms with Crippen LogP contribution in [0.25, 0.3) is 0 Å². The lowest BCUT2D eigenvalue weighted by molar-refractivity contribution is -0.137. The van der Waals surface area contributed by atoms with Gasteiger partial charge in [-0.05, 0) is 6.42 Å². The van der Waals surface area contributed by atoms with Gasteiger partial charge in [-0.1, -0.05) is 22.6 Å². The molecule has 6 heteroatoms. The van der Waals surface area contributed by atoms with Crippen LogP contribution in [-0.2, 0) is 14.4 Å². The zero-order valence-electron chi connectivity index (χ0n) is 8.74. The molecule has 0 atom stereocenters. The first kappa shape index (κ1) is 13.1. The molecule has 0 aromatic heterocycles. The summed E-state index contributed by atoms with van der Waals surface area (Å²) < 4.78 is 0.943. The summed E-state index contributed by atoms with van der Waals surface area (Å²) in [5.74, 6) is -0.665. The molecule has 0 aromatic carbocycles. The van der Waals surface area contributed by atoms with E-state index in [-0.39, 0.29) is 24.3 Å². The van der Waals surface area contributed by atoms with Crippen LogP contribution in [0.4, 0.5) is 0 Å². The Morgan fingerprint density at radius 2 is 1.94 bits per heavy atom. The van der Waals surface area contributed by atoms with E-state index in [9.17, 15) is 14.4 Å². The van der Waals surface area contributed by atoms with Gasteiger partial charge in [0, 0.05) is 36.1 Å². The molecule has 0 saturated carbocycles. The predicted octanol–water partition coefficient (Wildman–Crippen LogP) is 0.243. The third-order valence-electron chi connectivity index (χ3n) is 2.10. The van der Waals surface area contributed by atoms with Crippen LogP contribution in [0, 0.1) is 0 Å². The summed E-state index contributed by atoms with van der Waals surface area (Å²) >= 11 is 2.21. The number of amides is 3. The zero-order valence-corrected chi connectivity index (χ0v) is 10.9. The molecule has 88 valence electrons. The smallest absolute Gasteiger partial charge is 0.253 e. The van der Waals surface area contributed by atoms with Gasteiger partial charge in [-0.25, -0.2) is 0 Å². The lowest BCUT2D eigenvalue weighted by Crippen LogP contribution is -2.38. The van der Waals surface area contributed by atoms with Gasteiger partial charge in [0.25, 0.3) is 11.8 Å². The Morgan fingerprint density at radius 1 is 1.31 bits per heavy atom. The molecule has 0 saturated heterocycles. The highest BCUT2D eigenvalue weighted by atomic mass is 127. The van der Waals surface area contributed by atoms with Gasteiger partial charge < -0.3 is 5.32 Å². The second-order valence-corrected chi connectivity index (χ2v) is 4.38. The molecule has 0 fully saturated rings. The number of carbonyl (C=O) groups excluding carboxylic acids is 3. The number of rotatable bonds is 6. The fourth-order valence-corrected chi connectivity index (χ4v) is 1.66. The van der Waals surface area contributed by atoms with Crippen molar-refractivity contribution in [3.63, 3.8) is 0 Å². The van der Waals surface area contributed by atoms with E-state index in [4.69, 9.17) is 0 Å². The average molecular weight is 336 g/mol. The number of imide groups is 1. The number of hydrogen-bond donors (Lipinski definition) is 1. The molecule has 1 aliphatic heterocycles. The van der Waals surface area contributed by atoms with Crippen LogP contribution in [0.5, 0.6) is 0 Å². The fourth-order valence-electron chi connectivity index (χ4n) is 1.27. The average Bonchev–Trinajstić information content (AvgIpc) is 2.57. The molecule has 5 nitrogen and oxygen atoms in total. The summed E-state index contributed by atoms with van der Waals surface area (Å²) in [6.07, 6.45) is 3.80. The van der Waals surface area contributed by atoms with Crippen molar-refractivity contribution in [1.29, 1.82) is 0 Å². The first-order valence-electron chi connectivity index (χ1n) is 5.01. The summed E-state index contributed by atoms with van der Waals surface area (Å²) in [7, 11) is 0. The molecule has 0 aromatic rings. The third-order valence-corrected chi connectivity index (χ3v) is 2.86. The Kier molecular flexibility index (Phi) is 5.44. The minimum Gasteiger partial charge on any atom is -0.354 e. The van der Waals surface area contributed by atoms with E-state index in [2.05, 4.69) is 27.9 Å². The molecule has 1 rings (SSSR count). The summed E-state index contributed by atoms with van der Waals surface area (Å²) in [6.45, 7) is 0.555. The normalized spacial score (nSPS) is 14.7. The van der Waals surface area contributed by atoms with Crippen LogP contribution in [-0.4, -0.2) is 40.1 Å². The summed E-state index contributed by atoms with van der Waals surface area (Å²) in [5.41, 5.74) is 0. The van der Waals surface area contributed by atoms with Crippen molar-refractivity contribution < 1.29 is 14.4 Å². The van der Waals surface area contributed by atoms with E-state index in [0.717, 1.165) is 15.7 Å². The van der Waals surface area contributed by atoms with Gasteiger partial charge in [-0.15, -0.1) is 0 Å². The predicted molar refractivity (Wildman–Crippen MR) is 67.0 cm³/mol. The zero-order chi connectivity index (χ0) is 12.0.